The molecule has 5 heteroatoms. The molecule has 1 aliphatic rings. The van der Waals surface area contributed by atoms with Crippen LogP contribution < -0.4 is 10.7 Å². The maximum absolute atomic E-state index is 11.2. The van der Waals surface area contributed by atoms with Crippen molar-refractivity contribution in [3.63, 3.8) is 0 Å². The molecule has 3 nitrogen and oxygen atoms in total. The second-order valence-corrected chi connectivity index (χ2v) is 2.85. The smallest absolute Gasteiger partial charge is 0.225 e. The predicted molar refractivity (Wildman–Crippen MR) is 33.0 cm³/mol. The molecule has 9 heavy (non-hydrogen) atoms. The SMILES string of the molecule is NC1(C(=O)SNF)CC1. The third-order valence-corrected chi connectivity index (χ3v) is 2.00. The van der Waals surface area contributed by atoms with Crippen molar-refractivity contribution in [3.05, 3.63) is 0 Å². The van der Waals surface area contributed by atoms with Gasteiger partial charge in [0, 0.05) is 11.9 Å². The second-order valence-electron chi connectivity index (χ2n) is 2.12. The number of rotatable bonds is 2. The Balaban J connectivity index is 2.34. The van der Waals surface area contributed by atoms with Gasteiger partial charge in [-0.2, -0.15) is 0 Å². The average molecular weight is 150 g/mol. The molecule has 0 unspecified atom stereocenters. The maximum atomic E-state index is 11.2. The van der Waals surface area contributed by atoms with Gasteiger partial charge < -0.3 is 5.73 Å². The number of hydrogen-bond acceptors (Lipinski definition) is 4. The zero-order valence-corrected chi connectivity index (χ0v) is 5.50. The van der Waals surface area contributed by atoms with Crippen LogP contribution in [0.4, 0.5) is 4.48 Å². The summed E-state index contributed by atoms with van der Waals surface area (Å²) in [5, 5.41) is -0.315. The van der Waals surface area contributed by atoms with Crippen molar-refractivity contribution < 1.29 is 9.28 Å². The Bertz CT molecular complexity index is 137. The van der Waals surface area contributed by atoms with E-state index in [1.165, 1.54) is 4.94 Å². The molecule has 1 rings (SSSR count). The van der Waals surface area contributed by atoms with E-state index in [4.69, 9.17) is 5.73 Å². The van der Waals surface area contributed by atoms with E-state index in [1.54, 1.807) is 0 Å². The van der Waals surface area contributed by atoms with Gasteiger partial charge in [0.15, 0.2) is 0 Å². The van der Waals surface area contributed by atoms with E-state index in [2.05, 4.69) is 0 Å². The lowest BCUT2D eigenvalue weighted by atomic mass is 10.3. The molecule has 0 radical (unpaired) electrons. The third-order valence-electron chi connectivity index (χ3n) is 1.33. The molecule has 1 saturated carbocycles. The lowest BCUT2D eigenvalue weighted by Gasteiger charge is -2.01. The quantitative estimate of drug-likeness (QED) is 0.434. The molecular formula is C4H7FN2OS. The summed E-state index contributed by atoms with van der Waals surface area (Å²) in [4.78, 5) is 11.9. The molecule has 1 aliphatic carbocycles. The van der Waals surface area contributed by atoms with Gasteiger partial charge in [-0.05, 0) is 12.8 Å². The Morgan fingerprint density at radius 2 is 2.33 bits per heavy atom. The normalized spacial score (nSPS) is 21.6. The molecule has 0 aliphatic heterocycles. The fourth-order valence-electron chi connectivity index (χ4n) is 0.475. The molecule has 0 aromatic carbocycles. The van der Waals surface area contributed by atoms with Gasteiger partial charge in [0.1, 0.15) is 0 Å². The van der Waals surface area contributed by atoms with Crippen molar-refractivity contribution in [1.29, 1.82) is 0 Å². The molecule has 0 bridgehead atoms. The second kappa shape index (κ2) is 2.24. The maximum Gasteiger partial charge on any atom is 0.225 e. The van der Waals surface area contributed by atoms with Crippen molar-refractivity contribution >= 4 is 17.1 Å². The highest BCUT2D eigenvalue weighted by molar-refractivity contribution is 8.12. The number of nitrogens with two attached hydrogens (primary N) is 1. The first-order valence-electron chi connectivity index (χ1n) is 2.55. The van der Waals surface area contributed by atoms with Gasteiger partial charge in [-0.25, -0.2) is 0 Å². The molecule has 0 aromatic heterocycles. The van der Waals surface area contributed by atoms with Crippen molar-refractivity contribution in [2.24, 2.45) is 5.73 Å². The van der Waals surface area contributed by atoms with Crippen molar-refractivity contribution in [3.8, 4) is 0 Å². The van der Waals surface area contributed by atoms with Crippen LogP contribution in [0.2, 0.25) is 0 Å². The van der Waals surface area contributed by atoms with Crippen LogP contribution in [0, 0.1) is 0 Å². The first-order chi connectivity index (χ1) is 4.19. The highest BCUT2D eigenvalue weighted by Gasteiger charge is 2.46. The van der Waals surface area contributed by atoms with Crippen molar-refractivity contribution in [2.75, 3.05) is 0 Å². The fourth-order valence-corrected chi connectivity index (χ4v) is 0.953. The fraction of sp³-hybridized carbons (Fsp3) is 0.750. The van der Waals surface area contributed by atoms with Crippen LogP contribution in [0.15, 0.2) is 0 Å². The topological polar surface area (TPSA) is 55.1 Å². The molecule has 0 aromatic rings. The van der Waals surface area contributed by atoms with Crippen molar-refractivity contribution in [1.82, 2.24) is 4.94 Å². The molecule has 0 heterocycles. The van der Waals surface area contributed by atoms with Crippen LogP contribution in [0.1, 0.15) is 12.8 Å². The lowest BCUT2D eigenvalue weighted by Crippen LogP contribution is -2.31. The number of hydrogen-bond donors (Lipinski definition) is 2. The average Bonchev–Trinajstić information content (AvgIpc) is 2.50. The minimum atomic E-state index is -0.718. The molecular weight excluding hydrogens is 143 g/mol. The Kier molecular flexibility index (Phi) is 1.74. The third kappa shape index (κ3) is 1.41. The number of carbonyl (C=O) groups excluding carboxylic acids is 1. The Morgan fingerprint density at radius 3 is 2.67 bits per heavy atom. The van der Waals surface area contributed by atoms with Gasteiger partial charge in [-0.1, -0.05) is 4.94 Å². The van der Waals surface area contributed by atoms with Gasteiger partial charge >= 0.3 is 0 Å². The first-order valence-corrected chi connectivity index (χ1v) is 3.36. The number of carbonyl (C=O) groups is 1. The monoisotopic (exact) mass is 150 g/mol. The largest absolute Gasteiger partial charge is 0.318 e. The zero-order valence-electron chi connectivity index (χ0n) is 4.69. The Hall–Kier alpha value is -0.130. The summed E-state index contributed by atoms with van der Waals surface area (Å²) in [6.07, 6.45) is 1.36. The van der Waals surface area contributed by atoms with Crippen LogP contribution in [0.25, 0.3) is 0 Å². The van der Waals surface area contributed by atoms with E-state index in [1.807, 2.05) is 0 Å². The summed E-state index contributed by atoms with van der Waals surface area (Å²) in [7, 11) is 0. The van der Waals surface area contributed by atoms with E-state index in [0.29, 0.717) is 24.8 Å². The van der Waals surface area contributed by atoms with Gasteiger partial charge in [0.05, 0.1) is 5.54 Å². The molecule has 52 valence electrons. The van der Waals surface area contributed by atoms with E-state index < -0.39 is 5.54 Å². The van der Waals surface area contributed by atoms with Crippen LogP contribution >= 0.6 is 11.9 Å². The van der Waals surface area contributed by atoms with Gasteiger partial charge in [0.2, 0.25) is 5.12 Å². The van der Waals surface area contributed by atoms with E-state index in [-0.39, 0.29) is 5.12 Å². The predicted octanol–water partition coefficient (Wildman–Crippen LogP) is 0.127. The molecule has 0 spiro atoms. The summed E-state index contributed by atoms with van der Waals surface area (Å²) in [6.45, 7) is 0. The first kappa shape index (κ1) is 6.98. The Morgan fingerprint density at radius 1 is 1.78 bits per heavy atom. The van der Waals surface area contributed by atoms with Gasteiger partial charge in [-0.3, -0.25) is 4.79 Å². The summed E-state index contributed by atoms with van der Waals surface area (Å²) < 4.78 is 11.2. The van der Waals surface area contributed by atoms with Crippen LogP contribution in [-0.4, -0.2) is 10.7 Å². The van der Waals surface area contributed by atoms with Gasteiger partial charge in [0.25, 0.3) is 0 Å². The number of nitrogens with one attached hydrogen (secondary N) is 1. The standard InChI is InChI=1S/C4H7FN2OS/c5-7-9-3(8)4(6)1-2-4/h7H,1-2,6H2. The molecule has 0 saturated heterocycles. The minimum absolute atomic E-state index is 0.315. The molecule has 0 atom stereocenters. The molecule has 1 fully saturated rings. The zero-order chi connectivity index (χ0) is 6.91. The van der Waals surface area contributed by atoms with Crippen LogP contribution in [-0.2, 0) is 4.79 Å². The lowest BCUT2D eigenvalue weighted by molar-refractivity contribution is -0.112. The highest BCUT2D eigenvalue weighted by atomic mass is 32.2. The summed E-state index contributed by atoms with van der Waals surface area (Å²) in [5.41, 5.74) is 4.68. The molecule has 0 amide bonds. The van der Waals surface area contributed by atoms with E-state index in [9.17, 15) is 9.28 Å². The van der Waals surface area contributed by atoms with Crippen LogP contribution in [0.3, 0.4) is 0 Å². The van der Waals surface area contributed by atoms with Gasteiger partial charge in [-0.15, -0.1) is 4.48 Å². The van der Waals surface area contributed by atoms with E-state index in [0.717, 1.165) is 0 Å². The summed E-state index contributed by atoms with van der Waals surface area (Å²) in [5.74, 6) is 0. The summed E-state index contributed by atoms with van der Waals surface area (Å²) >= 11 is 0.420. The highest BCUT2D eigenvalue weighted by Crippen LogP contribution is 2.35. The van der Waals surface area contributed by atoms with Crippen molar-refractivity contribution in [2.45, 2.75) is 18.4 Å². The molecule has 3 N–H and O–H groups in total. The summed E-state index contributed by atoms with van der Waals surface area (Å²) in [6, 6.07) is 0. The number of halogens is 1. The van der Waals surface area contributed by atoms with Crippen LogP contribution in [0.5, 0.6) is 0 Å². The van der Waals surface area contributed by atoms with E-state index >= 15 is 0 Å². The minimum Gasteiger partial charge on any atom is -0.318 e. The Labute approximate surface area is 56.2 Å².